The second-order valence-electron chi connectivity index (χ2n) is 4.93. The monoisotopic (exact) mass is 274 g/mol. The lowest BCUT2D eigenvalue weighted by atomic mass is 10.2. The molecule has 108 valence electrons. The largest absolute Gasteiger partial charge is 0.416 e. The van der Waals surface area contributed by atoms with E-state index in [1.165, 1.54) is 12.1 Å². The zero-order chi connectivity index (χ0) is 14.5. The number of hydrogen-bond acceptors (Lipinski definition) is 2. The fourth-order valence-electron chi connectivity index (χ4n) is 1.60. The smallest absolute Gasteiger partial charge is 0.385 e. The topological polar surface area (TPSA) is 15.3 Å². The number of halogens is 3. The van der Waals surface area contributed by atoms with Crippen LogP contribution in [0.25, 0.3) is 0 Å². The van der Waals surface area contributed by atoms with Crippen LogP contribution in [-0.2, 0) is 6.18 Å². The highest BCUT2D eigenvalue weighted by Crippen LogP contribution is 2.29. The van der Waals surface area contributed by atoms with Gasteiger partial charge in [0.25, 0.3) is 0 Å². The lowest BCUT2D eigenvalue weighted by Crippen LogP contribution is -2.28. The van der Waals surface area contributed by atoms with E-state index in [2.05, 4.69) is 31.1 Å². The molecule has 2 nitrogen and oxygen atoms in total. The van der Waals surface area contributed by atoms with Crippen molar-refractivity contribution in [2.45, 2.75) is 32.5 Å². The molecule has 0 amide bonds. The van der Waals surface area contributed by atoms with Gasteiger partial charge in [-0.1, -0.05) is 0 Å². The zero-order valence-electron chi connectivity index (χ0n) is 11.6. The third-order valence-corrected chi connectivity index (χ3v) is 3.11. The first-order valence-corrected chi connectivity index (χ1v) is 6.42. The van der Waals surface area contributed by atoms with E-state index in [9.17, 15) is 13.2 Å². The van der Waals surface area contributed by atoms with E-state index in [4.69, 9.17) is 0 Å². The second-order valence-corrected chi connectivity index (χ2v) is 4.93. The minimum absolute atomic E-state index is 0.506. The molecule has 0 saturated carbocycles. The quantitative estimate of drug-likeness (QED) is 0.793. The van der Waals surface area contributed by atoms with Gasteiger partial charge in [0, 0.05) is 18.3 Å². The number of anilines is 1. The van der Waals surface area contributed by atoms with Crippen molar-refractivity contribution in [2.24, 2.45) is 0 Å². The van der Waals surface area contributed by atoms with Crippen molar-refractivity contribution >= 4 is 5.69 Å². The van der Waals surface area contributed by atoms with E-state index in [0.717, 1.165) is 37.3 Å². The predicted molar refractivity (Wildman–Crippen MR) is 72.3 cm³/mol. The first kappa shape index (κ1) is 15.8. The molecule has 0 aliphatic rings. The highest BCUT2D eigenvalue weighted by atomic mass is 19.4. The van der Waals surface area contributed by atoms with Crippen molar-refractivity contribution in [3.05, 3.63) is 29.8 Å². The summed E-state index contributed by atoms with van der Waals surface area (Å²) in [5, 5.41) is 3.12. The third-order valence-electron chi connectivity index (χ3n) is 3.11. The van der Waals surface area contributed by atoms with Crippen LogP contribution < -0.4 is 5.32 Å². The average Bonchev–Trinajstić information content (AvgIpc) is 2.33. The van der Waals surface area contributed by atoms with Crippen LogP contribution in [0.5, 0.6) is 0 Å². The average molecular weight is 274 g/mol. The molecule has 0 aliphatic carbocycles. The molecule has 0 aromatic heterocycles. The molecular formula is C14H21F3N2. The Morgan fingerprint density at radius 1 is 1.16 bits per heavy atom. The predicted octanol–water partition coefficient (Wildman–Crippen LogP) is 3.85. The van der Waals surface area contributed by atoms with E-state index in [0.29, 0.717) is 6.04 Å². The summed E-state index contributed by atoms with van der Waals surface area (Å²) < 4.78 is 37.1. The second kappa shape index (κ2) is 6.80. The number of hydrogen-bond donors (Lipinski definition) is 1. The van der Waals surface area contributed by atoms with Gasteiger partial charge in [-0.25, -0.2) is 0 Å². The number of nitrogens with zero attached hydrogens (tertiary/aromatic N) is 1. The molecule has 0 heterocycles. The van der Waals surface area contributed by atoms with Gasteiger partial charge in [-0.05, 0) is 58.1 Å². The zero-order valence-corrected chi connectivity index (χ0v) is 11.6. The minimum Gasteiger partial charge on any atom is -0.385 e. The Morgan fingerprint density at radius 2 is 1.74 bits per heavy atom. The summed E-state index contributed by atoms with van der Waals surface area (Å²) in [4.78, 5) is 2.23. The van der Waals surface area contributed by atoms with Gasteiger partial charge in [0.2, 0.25) is 0 Å². The molecule has 1 N–H and O–H groups in total. The molecule has 0 bridgehead atoms. The van der Waals surface area contributed by atoms with Crippen LogP contribution >= 0.6 is 0 Å². The summed E-state index contributed by atoms with van der Waals surface area (Å²) in [6.45, 7) is 5.97. The Balaban J connectivity index is 2.35. The molecule has 1 rings (SSSR count). The molecule has 19 heavy (non-hydrogen) atoms. The van der Waals surface area contributed by atoms with Gasteiger partial charge in [0.05, 0.1) is 5.56 Å². The van der Waals surface area contributed by atoms with Gasteiger partial charge in [0.15, 0.2) is 0 Å². The Hall–Kier alpha value is -1.23. The van der Waals surface area contributed by atoms with Gasteiger partial charge < -0.3 is 10.2 Å². The molecular weight excluding hydrogens is 253 g/mol. The Bertz CT molecular complexity index is 371. The van der Waals surface area contributed by atoms with Gasteiger partial charge >= 0.3 is 6.18 Å². The van der Waals surface area contributed by atoms with Gasteiger partial charge in [-0.3, -0.25) is 0 Å². The maximum atomic E-state index is 12.4. The highest BCUT2D eigenvalue weighted by Gasteiger charge is 2.29. The molecule has 0 fully saturated rings. The minimum atomic E-state index is -4.27. The summed E-state index contributed by atoms with van der Waals surface area (Å²) in [7, 11) is 2.06. The van der Waals surface area contributed by atoms with Crippen molar-refractivity contribution in [1.29, 1.82) is 0 Å². The van der Waals surface area contributed by atoms with Crippen LogP contribution in [0, 0.1) is 0 Å². The Morgan fingerprint density at radius 3 is 2.21 bits per heavy atom. The molecule has 0 aliphatic heterocycles. The molecule has 0 atom stereocenters. The highest BCUT2D eigenvalue weighted by molar-refractivity contribution is 5.45. The van der Waals surface area contributed by atoms with Crippen molar-refractivity contribution in [1.82, 2.24) is 4.90 Å². The molecule has 0 radical (unpaired) electrons. The lowest BCUT2D eigenvalue weighted by molar-refractivity contribution is -0.137. The van der Waals surface area contributed by atoms with Gasteiger partial charge in [-0.15, -0.1) is 0 Å². The van der Waals surface area contributed by atoms with Crippen molar-refractivity contribution < 1.29 is 13.2 Å². The first-order chi connectivity index (χ1) is 8.80. The fraction of sp³-hybridized carbons (Fsp3) is 0.571. The maximum absolute atomic E-state index is 12.4. The summed E-state index contributed by atoms with van der Waals surface area (Å²) >= 11 is 0. The molecule has 0 spiro atoms. The van der Waals surface area contributed by atoms with Gasteiger partial charge in [-0.2, -0.15) is 13.2 Å². The van der Waals surface area contributed by atoms with Gasteiger partial charge in [0.1, 0.15) is 0 Å². The number of rotatable bonds is 6. The molecule has 0 saturated heterocycles. The van der Waals surface area contributed by atoms with E-state index in [1.54, 1.807) is 0 Å². The van der Waals surface area contributed by atoms with Crippen LogP contribution in [0.1, 0.15) is 25.8 Å². The number of benzene rings is 1. The normalized spacial score (nSPS) is 12.2. The number of nitrogens with one attached hydrogen (secondary N) is 1. The summed E-state index contributed by atoms with van der Waals surface area (Å²) in [5.74, 6) is 0. The summed E-state index contributed by atoms with van der Waals surface area (Å²) in [6, 6.07) is 5.64. The van der Waals surface area contributed by atoms with Crippen molar-refractivity contribution in [3.8, 4) is 0 Å². The lowest BCUT2D eigenvalue weighted by Gasteiger charge is -2.20. The molecule has 1 aromatic carbocycles. The molecule has 1 aromatic rings. The van der Waals surface area contributed by atoms with Crippen LogP contribution in [0.4, 0.5) is 18.9 Å². The van der Waals surface area contributed by atoms with Crippen molar-refractivity contribution in [3.63, 3.8) is 0 Å². The van der Waals surface area contributed by atoms with Crippen molar-refractivity contribution in [2.75, 3.05) is 25.5 Å². The Kier molecular flexibility index (Phi) is 5.66. The van der Waals surface area contributed by atoms with Crippen LogP contribution in [0.15, 0.2) is 24.3 Å². The number of alkyl halides is 3. The SMILES string of the molecule is CC(C)N(C)CCCNc1ccc(C(F)(F)F)cc1. The third kappa shape index (κ3) is 5.51. The fourth-order valence-corrected chi connectivity index (χ4v) is 1.60. The van der Waals surface area contributed by atoms with Crippen LogP contribution in [0.3, 0.4) is 0 Å². The molecule has 5 heteroatoms. The van der Waals surface area contributed by atoms with E-state index in [-0.39, 0.29) is 0 Å². The first-order valence-electron chi connectivity index (χ1n) is 6.42. The standard InChI is InChI=1S/C14H21F3N2/c1-11(2)19(3)10-4-9-18-13-7-5-12(6-8-13)14(15,16)17/h5-8,11,18H,4,9-10H2,1-3H3. The molecule has 0 unspecified atom stereocenters. The van der Waals surface area contributed by atoms with E-state index in [1.807, 2.05) is 0 Å². The van der Waals surface area contributed by atoms with E-state index < -0.39 is 11.7 Å². The Labute approximate surface area is 112 Å². The van der Waals surface area contributed by atoms with Crippen LogP contribution in [-0.4, -0.2) is 31.1 Å². The summed E-state index contributed by atoms with van der Waals surface area (Å²) in [5.41, 5.74) is 0.109. The maximum Gasteiger partial charge on any atom is 0.416 e. The summed E-state index contributed by atoms with van der Waals surface area (Å²) in [6.07, 6.45) is -3.31. The van der Waals surface area contributed by atoms with E-state index >= 15 is 0 Å². The van der Waals surface area contributed by atoms with Crippen LogP contribution in [0.2, 0.25) is 0 Å².